The van der Waals surface area contributed by atoms with E-state index in [9.17, 15) is 4.79 Å². The Morgan fingerprint density at radius 3 is 3.06 bits per heavy atom. The molecule has 0 bridgehead atoms. The highest BCUT2D eigenvalue weighted by molar-refractivity contribution is 6.30. The molecular formula is C11H10ClN3O. The molecule has 1 amide bonds. The minimum atomic E-state index is -0.111. The number of aromatic nitrogens is 2. The molecule has 0 aliphatic heterocycles. The van der Waals surface area contributed by atoms with Crippen LogP contribution in [0.5, 0.6) is 0 Å². The number of halogens is 1. The van der Waals surface area contributed by atoms with E-state index in [1.165, 1.54) is 0 Å². The van der Waals surface area contributed by atoms with Gasteiger partial charge in [-0.25, -0.2) is 4.98 Å². The van der Waals surface area contributed by atoms with Crippen molar-refractivity contribution >= 4 is 23.2 Å². The molecule has 2 rings (SSSR count). The first-order valence-corrected chi connectivity index (χ1v) is 5.13. The summed E-state index contributed by atoms with van der Waals surface area (Å²) in [6.45, 7) is 0.243. The van der Waals surface area contributed by atoms with E-state index in [2.05, 4.69) is 10.3 Å². The van der Waals surface area contributed by atoms with E-state index >= 15 is 0 Å². The fourth-order valence-electron chi connectivity index (χ4n) is 1.31. The number of benzene rings is 1. The van der Waals surface area contributed by atoms with Gasteiger partial charge in [0.2, 0.25) is 5.91 Å². The van der Waals surface area contributed by atoms with Gasteiger partial charge in [-0.15, -0.1) is 0 Å². The molecule has 82 valence electrons. The average molecular weight is 236 g/mol. The van der Waals surface area contributed by atoms with Gasteiger partial charge >= 0.3 is 0 Å². The first-order chi connectivity index (χ1) is 7.74. The van der Waals surface area contributed by atoms with Gasteiger partial charge in [-0.3, -0.25) is 4.79 Å². The number of anilines is 1. The standard InChI is InChI=1S/C11H10ClN3O/c12-9-2-1-3-10(6-9)14-11(16)7-15-5-4-13-8-15/h1-6,8H,7H2,(H,14,16). The summed E-state index contributed by atoms with van der Waals surface area (Å²) >= 11 is 5.80. The van der Waals surface area contributed by atoms with E-state index in [1.807, 2.05) is 0 Å². The number of carbonyl (C=O) groups excluding carboxylic acids is 1. The van der Waals surface area contributed by atoms with Crippen molar-refractivity contribution in [1.29, 1.82) is 0 Å². The fraction of sp³-hybridized carbons (Fsp3) is 0.0909. The number of hydrogen-bond acceptors (Lipinski definition) is 2. The Bertz CT molecular complexity index is 482. The van der Waals surface area contributed by atoms with Crippen LogP contribution in [0.15, 0.2) is 43.0 Å². The number of nitrogens with one attached hydrogen (secondary N) is 1. The molecule has 0 saturated heterocycles. The summed E-state index contributed by atoms with van der Waals surface area (Å²) in [6.07, 6.45) is 4.96. The Morgan fingerprint density at radius 1 is 1.50 bits per heavy atom. The summed E-state index contributed by atoms with van der Waals surface area (Å²) in [5.74, 6) is -0.111. The average Bonchev–Trinajstić information content (AvgIpc) is 2.70. The van der Waals surface area contributed by atoms with Gasteiger partial charge in [0.15, 0.2) is 0 Å². The summed E-state index contributed by atoms with van der Waals surface area (Å²) in [4.78, 5) is 15.4. The maximum Gasteiger partial charge on any atom is 0.244 e. The lowest BCUT2D eigenvalue weighted by Crippen LogP contribution is -2.17. The number of nitrogens with zero attached hydrogens (tertiary/aromatic N) is 2. The Morgan fingerprint density at radius 2 is 2.38 bits per heavy atom. The van der Waals surface area contributed by atoms with Crippen molar-refractivity contribution in [2.45, 2.75) is 6.54 Å². The van der Waals surface area contributed by atoms with Crippen LogP contribution in [0, 0.1) is 0 Å². The highest BCUT2D eigenvalue weighted by Crippen LogP contribution is 2.14. The van der Waals surface area contributed by atoms with Crippen molar-refractivity contribution in [3.63, 3.8) is 0 Å². The molecular weight excluding hydrogens is 226 g/mol. The number of carbonyl (C=O) groups is 1. The van der Waals surface area contributed by atoms with Gasteiger partial charge in [0, 0.05) is 23.1 Å². The second kappa shape index (κ2) is 4.81. The topological polar surface area (TPSA) is 46.9 Å². The second-order valence-electron chi connectivity index (χ2n) is 3.29. The molecule has 0 aliphatic rings. The molecule has 1 aromatic carbocycles. The second-order valence-corrected chi connectivity index (χ2v) is 3.73. The highest BCUT2D eigenvalue weighted by Gasteiger charge is 2.02. The third-order valence-electron chi connectivity index (χ3n) is 1.99. The van der Waals surface area contributed by atoms with Crippen molar-refractivity contribution in [3.05, 3.63) is 48.0 Å². The first kappa shape index (κ1) is 10.7. The van der Waals surface area contributed by atoms with Crippen molar-refractivity contribution < 1.29 is 4.79 Å². The van der Waals surface area contributed by atoms with Gasteiger partial charge in [-0.05, 0) is 18.2 Å². The van der Waals surface area contributed by atoms with Crippen LogP contribution in [0.4, 0.5) is 5.69 Å². The van der Waals surface area contributed by atoms with Crippen LogP contribution in [0.3, 0.4) is 0 Å². The van der Waals surface area contributed by atoms with E-state index in [1.54, 1.807) is 47.6 Å². The van der Waals surface area contributed by atoms with Gasteiger partial charge in [0.05, 0.1) is 6.33 Å². The van der Waals surface area contributed by atoms with Gasteiger partial charge in [0.25, 0.3) is 0 Å². The lowest BCUT2D eigenvalue weighted by molar-refractivity contribution is -0.116. The molecule has 0 unspecified atom stereocenters. The van der Waals surface area contributed by atoms with Crippen molar-refractivity contribution in [3.8, 4) is 0 Å². The Kier molecular flexibility index (Phi) is 3.22. The van der Waals surface area contributed by atoms with E-state index in [4.69, 9.17) is 11.6 Å². The normalized spacial score (nSPS) is 10.1. The summed E-state index contributed by atoms with van der Waals surface area (Å²) in [6, 6.07) is 7.04. The molecule has 0 aliphatic carbocycles. The third kappa shape index (κ3) is 2.84. The zero-order chi connectivity index (χ0) is 11.4. The Balaban J connectivity index is 1.97. The monoisotopic (exact) mass is 235 g/mol. The van der Waals surface area contributed by atoms with Crippen molar-refractivity contribution in [1.82, 2.24) is 9.55 Å². The van der Waals surface area contributed by atoms with Crippen LogP contribution >= 0.6 is 11.6 Å². The van der Waals surface area contributed by atoms with Gasteiger partial charge in [-0.1, -0.05) is 17.7 Å². The van der Waals surface area contributed by atoms with E-state index in [-0.39, 0.29) is 12.5 Å². The van der Waals surface area contributed by atoms with Gasteiger partial charge in [-0.2, -0.15) is 0 Å². The van der Waals surface area contributed by atoms with Crippen molar-refractivity contribution in [2.75, 3.05) is 5.32 Å². The lowest BCUT2D eigenvalue weighted by Gasteiger charge is -2.05. The van der Waals surface area contributed by atoms with Gasteiger partial charge in [0.1, 0.15) is 6.54 Å². The highest BCUT2D eigenvalue weighted by atomic mass is 35.5. The summed E-state index contributed by atoms with van der Waals surface area (Å²) in [7, 11) is 0. The number of imidazole rings is 1. The molecule has 1 N–H and O–H groups in total. The Hall–Kier alpha value is -1.81. The summed E-state index contributed by atoms with van der Waals surface area (Å²) in [5.41, 5.74) is 0.692. The smallest absolute Gasteiger partial charge is 0.244 e. The quantitative estimate of drug-likeness (QED) is 0.886. The third-order valence-corrected chi connectivity index (χ3v) is 2.23. The molecule has 2 aromatic rings. The molecule has 0 atom stereocenters. The maximum absolute atomic E-state index is 11.6. The zero-order valence-electron chi connectivity index (χ0n) is 8.43. The SMILES string of the molecule is O=C(Cn1ccnc1)Nc1cccc(Cl)c1. The molecule has 0 radical (unpaired) electrons. The largest absolute Gasteiger partial charge is 0.328 e. The maximum atomic E-state index is 11.6. The summed E-state index contributed by atoms with van der Waals surface area (Å²) < 4.78 is 1.69. The van der Waals surface area contributed by atoms with Crippen LogP contribution in [0.2, 0.25) is 5.02 Å². The minimum absolute atomic E-state index is 0.111. The van der Waals surface area contributed by atoms with Crippen LogP contribution < -0.4 is 5.32 Å². The number of amides is 1. The van der Waals surface area contributed by atoms with Crippen molar-refractivity contribution in [2.24, 2.45) is 0 Å². The summed E-state index contributed by atoms with van der Waals surface area (Å²) in [5, 5.41) is 3.35. The number of rotatable bonds is 3. The predicted molar refractivity (Wildman–Crippen MR) is 62.3 cm³/mol. The number of hydrogen-bond donors (Lipinski definition) is 1. The first-order valence-electron chi connectivity index (χ1n) is 4.75. The van der Waals surface area contributed by atoms with Crippen LogP contribution in [0.1, 0.15) is 0 Å². The Labute approximate surface area is 97.9 Å². The van der Waals surface area contributed by atoms with E-state index < -0.39 is 0 Å². The molecule has 0 saturated carbocycles. The minimum Gasteiger partial charge on any atom is -0.328 e. The fourth-order valence-corrected chi connectivity index (χ4v) is 1.50. The van der Waals surface area contributed by atoms with Crippen LogP contribution in [0.25, 0.3) is 0 Å². The van der Waals surface area contributed by atoms with Gasteiger partial charge < -0.3 is 9.88 Å². The molecule has 0 fully saturated rings. The molecule has 1 heterocycles. The molecule has 0 spiro atoms. The van der Waals surface area contributed by atoms with E-state index in [0.29, 0.717) is 10.7 Å². The van der Waals surface area contributed by atoms with Crippen LogP contribution in [-0.4, -0.2) is 15.5 Å². The lowest BCUT2D eigenvalue weighted by atomic mass is 10.3. The van der Waals surface area contributed by atoms with E-state index in [0.717, 1.165) is 0 Å². The molecule has 16 heavy (non-hydrogen) atoms. The molecule has 5 heteroatoms. The molecule has 1 aromatic heterocycles. The molecule has 4 nitrogen and oxygen atoms in total. The predicted octanol–water partition coefficient (Wildman–Crippen LogP) is 2.18. The van der Waals surface area contributed by atoms with Crippen LogP contribution in [-0.2, 0) is 11.3 Å². The zero-order valence-corrected chi connectivity index (χ0v) is 9.19.